The third-order valence-electron chi connectivity index (χ3n) is 2.97. The second kappa shape index (κ2) is 5.78. The average Bonchev–Trinajstić information content (AvgIpc) is 2.85. The van der Waals surface area contributed by atoms with Gasteiger partial charge in [-0.15, -0.1) is 0 Å². The fourth-order valence-electron chi connectivity index (χ4n) is 1.69. The Bertz CT molecular complexity index is 479. The van der Waals surface area contributed by atoms with Crippen molar-refractivity contribution in [1.82, 2.24) is 10.1 Å². The van der Waals surface area contributed by atoms with E-state index in [0.29, 0.717) is 11.8 Å². The van der Waals surface area contributed by atoms with Crippen LogP contribution in [0.15, 0.2) is 34.9 Å². The number of benzene rings is 1. The van der Waals surface area contributed by atoms with Gasteiger partial charge in [0.2, 0.25) is 5.89 Å². The van der Waals surface area contributed by atoms with E-state index in [-0.39, 0.29) is 6.04 Å². The molecule has 0 fully saturated rings. The predicted octanol–water partition coefficient (Wildman–Crippen LogP) is 2.51. The Morgan fingerprint density at radius 3 is 2.56 bits per heavy atom. The lowest BCUT2D eigenvalue weighted by Crippen LogP contribution is -2.17. The lowest BCUT2D eigenvalue weighted by Gasteiger charge is -2.09. The van der Waals surface area contributed by atoms with Gasteiger partial charge in [0.15, 0.2) is 5.82 Å². The predicted molar refractivity (Wildman–Crippen MR) is 69.9 cm³/mol. The van der Waals surface area contributed by atoms with E-state index in [9.17, 15) is 0 Å². The normalized spacial score (nSPS) is 12.9. The zero-order chi connectivity index (χ0) is 13.0. The number of hydrogen-bond acceptors (Lipinski definition) is 4. The molecule has 0 aliphatic carbocycles. The third-order valence-corrected chi connectivity index (χ3v) is 2.97. The van der Waals surface area contributed by atoms with Crippen molar-refractivity contribution in [1.29, 1.82) is 0 Å². The van der Waals surface area contributed by atoms with E-state index in [0.717, 1.165) is 18.7 Å². The number of aryl methyl sites for hydroxylation is 2. The molecule has 4 heteroatoms. The summed E-state index contributed by atoms with van der Waals surface area (Å²) in [6.45, 7) is 4.08. The molecule has 0 saturated carbocycles. The zero-order valence-electron chi connectivity index (χ0n) is 10.8. The van der Waals surface area contributed by atoms with Crippen LogP contribution in [0.25, 0.3) is 0 Å². The molecular formula is C14H19N3O. The van der Waals surface area contributed by atoms with E-state index in [2.05, 4.69) is 22.3 Å². The van der Waals surface area contributed by atoms with Crippen molar-refractivity contribution in [2.24, 2.45) is 11.7 Å². The first-order valence-electron chi connectivity index (χ1n) is 6.29. The number of aromatic nitrogens is 2. The molecule has 2 N–H and O–H groups in total. The third kappa shape index (κ3) is 3.17. The first kappa shape index (κ1) is 12.8. The van der Waals surface area contributed by atoms with Crippen LogP contribution >= 0.6 is 0 Å². The number of nitrogens with zero attached hydrogens (tertiary/aromatic N) is 2. The fraction of sp³-hybridized carbons (Fsp3) is 0.429. The van der Waals surface area contributed by atoms with Gasteiger partial charge in [0, 0.05) is 6.42 Å². The summed E-state index contributed by atoms with van der Waals surface area (Å²) in [5.74, 6) is 1.56. The molecule has 4 nitrogen and oxygen atoms in total. The minimum absolute atomic E-state index is 0.178. The smallest absolute Gasteiger partial charge is 0.243 e. The second-order valence-corrected chi connectivity index (χ2v) is 4.80. The molecule has 0 radical (unpaired) electrons. The Labute approximate surface area is 107 Å². The summed E-state index contributed by atoms with van der Waals surface area (Å²) in [7, 11) is 0. The Morgan fingerprint density at radius 1 is 1.17 bits per heavy atom. The highest BCUT2D eigenvalue weighted by Crippen LogP contribution is 2.17. The van der Waals surface area contributed by atoms with Crippen molar-refractivity contribution in [3.8, 4) is 0 Å². The van der Waals surface area contributed by atoms with E-state index in [1.807, 2.05) is 32.0 Å². The van der Waals surface area contributed by atoms with Crippen molar-refractivity contribution in [2.45, 2.75) is 32.7 Å². The Kier molecular flexibility index (Phi) is 4.10. The largest absolute Gasteiger partial charge is 0.338 e. The topological polar surface area (TPSA) is 64.9 Å². The highest BCUT2D eigenvalue weighted by molar-refractivity contribution is 5.15. The molecule has 0 aliphatic heterocycles. The van der Waals surface area contributed by atoms with Crippen LogP contribution in [0.2, 0.25) is 0 Å². The van der Waals surface area contributed by atoms with Crippen molar-refractivity contribution in [3.05, 3.63) is 47.6 Å². The van der Waals surface area contributed by atoms with Gasteiger partial charge in [-0.3, -0.25) is 0 Å². The lowest BCUT2D eigenvalue weighted by atomic mass is 10.1. The first-order chi connectivity index (χ1) is 8.66. The van der Waals surface area contributed by atoms with Crippen LogP contribution in [0.5, 0.6) is 0 Å². The summed E-state index contributed by atoms with van der Waals surface area (Å²) in [4.78, 5) is 4.34. The summed E-state index contributed by atoms with van der Waals surface area (Å²) in [6, 6.07) is 10.1. The number of hydrogen-bond donors (Lipinski definition) is 1. The van der Waals surface area contributed by atoms with Gasteiger partial charge in [0.25, 0.3) is 0 Å². The molecule has 1 atom stereocenters. The summed E-state index contributed by atoms with van der Waals surface area (Å²) < 4.78 is 5.19. The Balaban J connectivity index is 1.95. The second-order valence-electron chi connectivity index (χ2n) is 4.80. The summed E-state index contributed by atoms with van der Waals surface area (Å²) in [5.41, 5.74) is 7.24. The molecule has 1 heterocycles. The maximum atomic E-state index is 5.96. The van der Waals surface area contributed by atoms with Gasteiger partial charge in [-0.05, 0) is 17.9 Å². The van der Waals surface area contributed by atoms with Crippen molar-refractivity contribution >= 4 is 0 Å². The lowest BCUT2D eigenvalue weighted by molar-refractivity contribution is 0.322. The molecule has 0 amide bonds. The monoisotopic (exact) mass is 245 g/mol. The van der Waals surface area contributed by atoms with E-state index < -0.39 is 0 Å². The van der Waals surface area contributed by atoms with Gasteiger partial charge in [0.05, 0.1) is 6.04 Å². The molecule has 2 rings (SSSR count). The van der Waals surface area contributed by atoms with Gasteiger partial charge in [-0.1, -0.05) is 49.3 Å². The molecule has 0 unspecified atom stereocenters. The Morgan fingerprint density at radius 2 is 1.89 bits per heavy atom. The first-order valence-corrected chi connectivity index (χ1v) is 6.29. The fourth-order valence-corrected chi connectivity index (χ4v) is 1.69. The SMILES string of the molecule is CC(C)[C@H](N)c1nc(CCc2ccccc2)no1. The molecule has 0 aliphatic rings. The average molecular weight is 245 g/mol. The molecule has 0 spiro atoms. The minimum atomic E-state index is -0.178. The van der Waals surface area contributed by atoms with Crippen LogP contribution < -0.4 is 5.73 Å². The van der Waals surface area contributed by atoms with E-state index in [4.69, 9.17) is 10.3 Å². The van der Waals surface area contributed by atoms with Crippen LogP contribution in [-0.4, -0.2) is 10.1 Å². The highest BCUT2D eigenvalue weighted by Gasteiger charge is 2.17. The van der Waals surface area contributed by atoms with E-state index in [1.54, 1.807) is 0 Å². The van der Waals surface area contributed by atoms with Gasteiger partial charge >= 0.3 is 0 Å². The van der Waals surface area contributed by atoms with Crippen molar-refractivity contribution in [2.75, 3.05) is 0 Å². The molecular weight excluding hydrogens is 226 g/mol. The van der Waals surface area contributed by atoms with Crippen LogP contribution in [0.1, 0.15) is 37.2 Å². The van der Waals surface area contributed by atoms with Crippen molar-refractivity contribution < 1.29 is 4.52 Å². The molecule has 96 valence electrons. The van der Waals surface area contributed by atoms with Gasteiger partial charge < -0.3 is 10.3 Å². The molecule has 18 heavy (non-hydrogen) atoms. The summed E-state index contributed by atoms with van der Waals surface area (Å²) in [5, 5.41) is 3.97. The van der Waals surface area contributed by atoms with Crippen molar-refractivity contribution in [3.63, 3.8) is 0 Å². The van der Waals surface area contributed by atoms with E-state index >= 15 is 0 Å². The highest BCUT2D eigenvalue weighted by atomic mass is 16.5. The molecule has 1 aromatic heterocycles. The molecule has 0 bridgehead atoms. The number of nitrogens with two attached hydrogens (primary N) is 1. The Hall–Kier alpha value is -1.68. The van der Waals surface area contributed by atoms with Gasteiger partial charge in [0.1, 0.15) is 0 Å². The van der Waals surface area contributed by atoms with Crippen LogP contribution in [-0.2, 0) is 12.8 Å². The van der Waals surface area contributed by atoms with E-state index in [1.165, 1.54) is 5.56 Å². The van der Waals surface area contributed by atoms with Gasteiger partial charge in [-0.2, -0.15) is 4.98 Å². The quantitative estimate of drug-likeness (QED) is 0.879. The molecule has 1 aromatic carbocycles. The van der Waals surface area contributed by atoms with Crippen LogP contribution in [0.3, 0.4) is 0 Å². The maximum Gasteiger partial charge on any atom is 0.243 e. The zero-order valence-corrected chi connectivity index (χ0v) is 10.8. The molecule has 0 saturated heterocycles. The number of rotatable bonds is 5. The molecule has 2 aromatic rings. The summed E-state index contributed by atoms with van der Waals surface area (Å²) in [6.07, 6.45) is 1.69. The van der Waals surface area contributed by atoms with Crippen LogP contribution in [0, 0.1) is 5.92 Å². The van der Waals surface area contributed by atoms with Gasteiger partial charge in [-0.25, -0.2) is 0 Å². The standard InChI is InChI=1S/C14H19N3O/c1-10(2)13(15)14-16-12(17-18-14)9-8-11-6-4-3-5-7-11/h3-7,10,13H,8-9,15H2,1-2H3/t13-/m0/s1. The minimum Gasteiger partial charge on any atom is -0.338 e. The summed E-state index contributed by atoms with van der Waals surface area (Å²) >= 11 is 0. The maximum absolute atomic E-state index is 5.96. The van der Waals surface area contributed by atoms with Crippen LogP contribution in [0.4, 0.5) is 0 Å².